The van der Waals surface area contributed by atoms with Crippen molar-refractivity contribution in [3.05, 3.63) is 12.7 Å². The highest BCUT2D eigenvalue weighted by atomic mass is 16.3. The van der Waals surface area contributed by atoms with Crippen LogP contribution in [-0.4, -0.2) is 61.6 Å². The van der Waals surface area contributed by atoms with Crippen LogP contribution in [0.1, 0.15) is 6.42 Å². The van der Waals surface area contributed by atoms with Crippen LogP contribution < -0.4 is 10.2 Å². The van der Waals surface area contributed by atoms with Gasteiger partial charge in [-0.2, -0.15) is 24.7 Å². The van der Waals surface area contributed by atoms with Gasteiger partial charge in [0, 0.05) is 32.7 Å². The van der Waals surface area contributed by atoms with E-state index in [0.717, 1.165) is 19.5 Å². The van der Waals surface area contributed by atoms with E-state index >= 15 is 0 Å². The summed E-state index contributed by atoms with van der Waals surface area (Å²) in [6, 6.07) is 0. The lowest BCUT2D eigenvalue weighted by molar-refractivity contribution is 0.238. The Labute approximate surface area is 115 Å². The third-order valence-corrected chi connectivity index (χ3v) is 3.29. The molecule has 0 radical (unpaired) electrons. The van der Waals surface area contributed by atoms with E-state index < -0.39 is 0 Å². The van der Waals surface area contributed by atoms with Crippen molar-refractivity contribution in [1.29, 1.82) is 0 Å². The average Bonchev–Trinajstić information content (AvgIpc) is 3.17. The number of rotatable bonds is 4. The number of nitrogens with one attached hydrogen (secondary N) is 1. The Morgan fingerprint density at radius 2 is 2.20 bits per heavy atom. The Balaban J connectivity index is 1.93. The summed E-state index contributed by atoms with van der Waals surface area (Å²) >= 11 is 0. The molecule has 1 unspecified atom stereocenters. The Hall–Kier alpha value is -2.29. The van der Waals surface area contributed by atoms with Crippen LogP contribution in [0.2, 0.25) is 0 Å². The SMILES string of the molecule is CNc1nc(N2CCC(CO)C2)nc(-n2cncn2)n1. The number of anilines is 2. The summed E-state index contributed by atoms with van der Waals surface area (Å²) in [5.41, 5.74) is 0. The second-order valence-corrected chi connectivity index (χ2v) is 4.63. The minimum absolute atomic E-state index is 0.191. The molecular weight excluding hydrogens is 260 g/mol. The second kappa shape index (κ2) is 5.37. The minimum atomic E-state index is 0.191. The summed E-state index contributed by atoms with van der Waals surface area (Å²) in [7, 11) is 1.75. The zero-order chi connectivity index (χ0) is 13.9. The quantitative estimate of drug-likeness (QED) is 0.756. The molecule has 2 N–H and O–H groups in total. The number of aliphatic hydroxyl groups is 1. The maximum Gasteiger partial charge on any atom is 0.258 e. The van der Waals surface area contributed by atoms with Crippen molar-refractivity contribution >= 4 is 11.9 Å². The van der Waals surface area contributed by atoms with Crippen molar-refractivity contribution < 1.29 is 5.11 Å². The van der Waals surface area contributed by atoms with Gasteiger partial charge in [-0.05, 0) is 6.42 Å². The van der Waals surface area contributed by atoms with Crippen molar-refractivity contribution in [2.75, 3.05) is 37.0 Å². The molecular formula is C11H16N8O. The molecule has 1 aliphatic rings. The Bertz CT molecular complexity index is 572. The highest BCUT2D eigenvalue weighted by Gasteiger charge is 2.24. The fourth-order valence-corrected chi connectivity index (χ4v) is 2.18. The second-order valence-electron chi connectivity index (χ2n) is 4.63. The van der Waals surface area contributed by atoms with E-state index in [1.54, 1.807) is 13.4 Å². The van der Waals surface area contributed by atoms with E-state index in [4.69, 9.17) is 0 Å². The van der Waals surface area contributed by atoms with Gasteiger partial charge < -0.3 is 15.3 Å². The molecule has 2 aromatic rings. The summed E-state index contributed by atoms with van der Waals surface area (Å²) in [5, 5.41) is 16.2. The number of hydrogen-bond acceptors (Lipinski definition) is 8. The summed E-state index contributed by atoms with van der Waals surface area (Å²) in [6.07, 6.45) is 3.91. The van der Waals surface area contributed by atoms with Gasteiger partial charge in [0.15, 0.2) is 0 Å². The van der Waals surface area contributed by atoms with Gasteiger partial charge in [0.1, 0.15) is 12.7 Å². The zero-order valence-electron chi connectivity index (χ0n) is 11.1. The molecule has 0 spiro atoms. The summed E-state index contributed by atoms with van der Waals surface area (Å²) in [5.74, 6) is 1.77. The van der Waals surface area contributed by atoms with Crippen LogP contribution >= 0.6 is 0 Å². The van der Waals surface area contributed by atoms with Crippen LogP contribution in [0.15, 0.2) is 12.7 Å². The largest absolute Gasteiger partial charge is 0.396 e. The number of nitrogens with zero attached hydrogens (tertiary/aromatic N) is 7. The first-order valence-electron chi connectivity index (χ1n) is 6.45. The summed E-state index contributed by atoms with van der Waals surface area (Å²) in [4.78, 5) is 19.0. The Morgan fingerprint density at radius 1 is 1.35 bits per heavy atom. The van der Waals surface area contributed by atoms with Crippen molar-refractivity contribution in [2.45, 2.75) is 6.42 Å². The number of aromatic nitrogens is 6. The molecule has 0 bridgehead atoms. The van der Waals surface area contributed by atoms with Gasteiger partial charge >= 0.3 is 0 Å². The van der Waals surface area contributed by atoms with Gasteiger partial charge in [0.2, 0.25) is 11.9 Å². The number of hydrogen-bond donors (Lipinski definition) is 2. The van der Waals surface area contributed by atoms with Gasteiger partial charge in [-0.15, -0.1) is 0 Å². The van der Waals surface area contributed by atoms with Crippen molar-refractivity contribution in [3.8, 4) is 5.95 Å². The van der Waals surface area contributed by atoms with Crippen LogP contribution in [0.5, 0.6) is 0 Å². The maximum absolute atomic E-state index is 9.22. The molecule has 1 saturated heterocycles. The third kappa shape index (κ3) is 2.39. The fourth-order valence-electron chi connectivity index (χ4n) is 2.18. The van der Waals surface area contributed by atoms with Crippen molar-refractivity contribution in [1.82, 2.24) is 29.7 Å². The lowest BCUT2D eigenvalue weighted by atomic mass is 10.1. The van der Waals surface area contributed by atoms with Crippen LogP contribution in [0.25, 0.3) is 5.95 Å². The number of aliphatic hydroxyl groups excluding tert-OH is 1. The van der Waals surface area contributed by atoms with Crippen molar-refractivity contribution in [2.24, 2.45) is 5.92 Å². The third-order valence-electron chi connectivity index (χ3n) is 3.29. The molecule has 1 aliphatic heterocycles. The highest BCUT2D eigenvalue weighted by Crippen LogP contribution is 2.21. The Kier molecular flexibility index (Phi) is 3.42. The molecule has 3 heterocycles. The summed E-state index contributed by atoms with van der Waals surface area (Å²) < 4.78 is 1.49. The predicted octanol–water partition coefficient (Wildman–Crippen LogP) is -0.687. The zero-order valence-corrected chi connectivity index (χ0v) is 11.1. The van der Waals surface area contributed by atoms with Gasteiger partial charge in [-0.25, -0.2) is 4.98 Å². The van der Waals surface area contributed by atoms with E-state index in [1.807, 2.05) is 4.90 Å². The van der Waals surface area contributed by atoms with Crippen LogP contribution in [0.4, 0.5) is 11.9 Å². The molecule has 2 aromatic heterocycles. The standard InChI is InChI=1S/C11H16N8O/c1-12-9-15-10(18-3-2-8(4-18)5-20)17-11(16-9)19-7-13-6-14-19/h6-8,20H,2-5H2,1H3,(H,12,15,16,17). The monoisotopic (exact) mass is 276 g/mol. The molecule has 106 valence electrons. The minimum Gasteiger partial charge on any atom is -0.396 e. The normalized spacial score (nSPS) is 18.5. The van der Waals surface area contributed by atoms with Gasteiger partial charge in [-0.1, -0.05) is 0 Å². The van der Waals surface area contributed by atoms with Crippen LogP contribution in [0.3, 0.4) is 0 Å². The van der Waals surface area contributed by atoms with Gasteiger partial charge in [0.05, 0.1) is 0 Å². The first-order chi connectivity index (χ1) is 9.80. The van der Waals surface area contributed by atoms with E-state index in [9.17, 15) is 5.11 Å². The van der Waals surface area contributed by atoms with E-state index in [0.29, 0.717) is 17.8 Å². The van der Waals surface area contributed by atoms with E-state index in [2.05, 4.69) is 30.4 Å². The van der Waals surface area contributed by atoms with Crippen LogP contribution in [0, 0.1) is 5.92 Å². The predicted molar refractivity (Wildman–Crippen MR) is 71.7 cm³/mol. The topological polar surface area (TPSA) is 105 Å². The average molecular weight is 276 g/mol. The van der Waals surface area contributed by atoms with Gasteiger partial charge in [-0.3, -0.25) is 0 Å². The molecule has 9 heteroatoms. The first-order valence-corrected chi connectivity index (χ1v) is 6.45. The maximum atomic E-state index is 9.22. The highest BCUT2D eigenvalue weighted by molar-refractivity contribution is 5.40. The smallest absolute Gasteiger partial charge is 0.258 e. The molecule has 3 rings (SSSR count). The first kappa shape index (κ1) is 12.7. The fraction of sp³-hybridized carbons (Fsp3) is 0.545. The molecule has 1 fully saturated rings. The molecule has 0 aliphatic carbocycles. The lowest BCUT2D eigenvalue weighted by Crippen LogP contribution is -2.24. The molecule has 0 aromatic carbocycles. The van der Waals surface area contributed by atoms with E-state index in [1.165, 1.54) is 11.0 Å². The van der Waals surface area contributed by atoms with Crippen molar-refractivity contribution in [3.63, 3.8) is 0 Å². The Morgan fingerprint density at radius 3 is 2.85 bits per heavy atom. The van der Waals surface area contributed by atoms with Crippen LogP contribution in [-0.2, 0) is 0 Å². The molecule has 1 atom stereocenters. The molecule has 9 nitrogen and oxygen atoms in total. The molecule has 20 heavy (non-hydrogen) atoms. The molecule has 0 amide bonds. The van der Waals surface area contributed by atoms with Gasteiger partial charge in [0.25, 0.3) is 5.95 Å². The summed E-state index contributed by atoms with van der Waals surface area (Å²) in [6.45, 7) is 1.77. The lowest BCUT2D eigenvalue weighted by Gasteiger charge is -2.17. The molecule has 0 saturated carbocycles. The van der Waals surface area contributed by atoms with E-state index in [-0.39, 0.29) is 12.5 Å².